The molecule has 0 bridgehead atoms. The maximum Gasteiger partial charge on any atom is 0.253 e. The molecule has 1 aromatic heterocycles. The molecule has 0 fully saturated rings. The van der Waals surface area contributed by atoms with Crippen molar-refractivity contribution in [3.05, 3.63) is 35.9 Å². The number of amides is 1. The van der Waals surface area contributed by atoms with Gasteiger partial charge in [-0.15, -0.1) is 0 Å². The molecule has 0 aliphatic carbocycles. The number of nitrogen functional groups attached to an aromatic ring is 1. The fourth-order valence-electron chi connectivity index (χ4n) is 1.74. The maximum atomic E-state index is 11.8. The second kappa shape index (κ2) is 5.38. The van der Waals surface area contributed by atoms with Crippen molar-refractivity contribution in [3.8, 4) is 0 Å². The monoisotopic (exact) mass is 260 g/mol. The zero-order chi connectivity index (χ0) is 13.8. The molecule has 1 amide bonds. The predicted molar refractivity (Wildman–Crippen MR) is 72.7 cm³/mol. The van der Waals surface area contributed by atoms with Crippen LogP contribution in [0.25, 0.3) is 0 Å². The van der Waals surface area contributed by atoms with Gasteiger partial charge in [-0.2, -0.15) is 5.10 Å². The number of carbonyl (C=O) groups excluding carboxylic acids is 1. The smallest absolute Gasteiger partial charge is 0.253 e. The van der Waals surface area contributed by atoms with Gasteiger partial charge in [0.05, 0.1) is 11.6 Å². The summed E-state index contributed by atoms with van der Waals surface area (Å²) in [5, 5.41) is 12.4. The first-order chi connectivity index (χ1) is 9.11. The van der Waals surface area contributed by atoms with Gasteiger partial charge in [-0.1, -0.05) is 0 Å². The van der Waals surface area contributed by atoms with Crippen LogP contribution in [0.4, 0.5) is 11.4 Å². The lowest BCUT2D eigenvalue weighted by atomic mass is 10.1. The van der Waals surface area contributed by atoms with E-state index >= 15 is 0 Å². The standard InChI is InChI=1S/C12H16N6O/c1-7(11-15-6-16-18-11)17-10-5-8(13)3-4-9(10)12(19)14-2/h3-7,17H,13H2,1-2H3,(H,14,19)(H,15,16,18). The molecule has 100 valence electrons. The number of anilines is 2. The van der Waals surface area contributed by atoms with Gasteiger partial charge in [0, 0.05) is 18.4 Å². The second-order valence-corrected chi connectivity index (χ2v) is 4.12. The average molecular weight is 260 g/mol. The molecule has 0 saturated heterocycles. The van der Waals surface area contributed by atoms with Gasteiger partial charge < -0.3 is 16.4 Å². The summed E-state index contributed by atoms with van der Waals surface area (Å²) < 4.78 is 0. The number of nitrogens with two attached hydrogens (primary N) is 1. The number of H-pyrrole nitrogens is 1. The second-order valence-electron chi connectivity index (χ2n) is 4.12. The normalized spacial score (nSPS) is 11.9. The number of aromatic nitrogens is 3. The van der Waals surface area contributed by atoms with Gasteiger partial charge >= 0.3 is 0 Å². The number of nitrogens with zero attached hydrogens (tertiary/aromatic N) is 2. The van der Waals surface area contributed by atoms with E-state index in [9.17, 15) is 4.79 Å². The minimum Gasteiger partial charge on any atom is -0.399 e. The summed E-state index contributed by atoms with van der Waals surface area (Å²) in [6, 6.07) is 4.98. The zero-order valence-electron chi connectivity index (χ0n) is 10.8. The molecule has 0 aliphatic heterocycles. The first-order valence-electron chi connectivity index (χ1n) is 5.85. The van der Waals surface area contributed by atoms with Crippen LogP contribution < -0.4 is 16.4 Å². The van der Waals surface area contributed by atoms with E-state index in [1.165, 1.54) is 6.33 Å². The lowest BCUT2D eigenvalue weighted by Gasteiger charge is -2.16. The summed E-state index contributed by atoms with van der Waals surface area (Å²) in [7, 11) is 1.59. The molecule has 1 unspecified atom stereocenters. The van der Waals surface area contributed by atoms with Crippen LogP contribution in [0.15, 0.2) is 24.5 Å². The van der Waals surface area contributed by atoms with E-state index in [1.54, 1.807) is 25.2 Å². The molecule has 1 aromatic carbocycles. The third-order valence-corrected chi connectivity index (χ3v) is 2.73. The topological polar surface area (TPSA) is 109 Å². The molecule has 5 N–H and O–H groups in total. The van der Waals surface area contributed by atoms with Gasteiger partial charge in [0.25, 0.3) is 5.91 Å². The van der Waals surface area contributed by atoms with E-state index < -0.39 is 0 Å². The van der Waals surface area contributed by atoms with Gasteiger partial charge in [-0.05, 0) is 25.1 Å². The SMILES string of the molecule is CNC(=O)c1ccc(N)cc1NC(C)c1ncn[nH]1. The Labute approximate surface area is 110 Å². The molecular weight excluding hydrogens is 244 g/mol. The largest absolute Gasteiger partial charge is 0.399 e. The summed E-state index contributed by atoms with van der Waals surface area (Å²) in [5.41, 5.74) is 7.53. The molecule has 19 heavy (non-hydrogen) atoms. The Morgan fingerprint density at radius 3 is 2.89 bits per heavy atom. The Morgan fingerprint density at radius 2 is 2.26 bits per heavy atom. The summed E-state index contributed by atoms with van der Waals surface area (Å²) in [6.07, 6.45) is 1.44. The van der Waals surface area contributed by atoms with E-state index in [1.807, 2.05) is 6.92 Å². The van der Waals surface area contributed by atoms with Crippen LogP contribution in [0.1, 0.15) is 29.1 Å². The zero-order valence-corrected chi connectivity index (χ0v) is 10.8. The molecule has 0 aliphatic rings. The van der Waals surface area contributed by atoms with E-state index in [2.05, 4.69) is 25.8 Å². The van der Waals surface area contributed by atoms with Crippen molar-refractivity contribution >= 4 is 17.3 Å². The summed E-state index contributed by atoms with van der Waals surface area (Å²) >= 11 is 0. The Hall–Kier alpha value is -2.57. The van der Waals surface area contributed by atoms with Gasteiger partial charge in [0.1, 0.15) is 12.2 Å². The number of carbonyl (C=O) groups is 1. The van der Waals surface area contributed by atoms with Crippen molar-refractivity contribution in [2.75, 3.05) is 18.1 Å². The van der Waals surface area contributed by atoms with E-state index in [-0.39, 0.29) is 11.9 Å². The minimum atomic E-state index is -0.174. The van der Waals surface area contributed by atoms with Gasteiger partial charge in [0.2, 0.25) is 0 Å². The van der Waals surface area contributed by atoms with Crippen LogP contribution >= 0.6 is 0 Å². The highest BCUT2D eigenvalue weighted by atomic mass is 16.1. The van der Waals surface area contributed by atoms with Crippen LogP contribution in [-0.4, -0.2) is 28.1 Å². The lowest BCUT2D eigenvalue weighted by molar-refractivity contribution is 0.0964. The summed E-state index contributed by atoms with van der Waals surface area (Å²) in [5.74, 6) is 0.512. The molecule has 2 aromatic rings. The lowest BCUT2D eigenvalue weighted by Crippen LogP contribution is -2.20. The Bertz CT molecular complexity index is 566. The number of benzene rings is 1. The molecular formula is C12H16N6O. The van der Waals surface area contributed by atoms with E-state index in [4.69, 9.17) is 5.73 Å². The molecule has 0 radical (unpaired) electrons. The van der Waals surface area contributed by atoms with Crippen molar-refractivity contribution in [1.29, 1.82) is 0 Å². The molecule has 7 nitrogen and oxygen atoms in total. The Balaban J connectivity index is 2.28. The van der Waals surface area contributed by atoms with Gasteiger partial charge in [-0.3, -0.25) is 9.89 Å². The fraction of sp³-hybridized carbons (Fsp3) is 0.250. The number of nitrogens with one attached hydrogen (secondary N) is 3. The van der Waals surface area contributed by atoms with Crippen molar-refractivity contribution < 1.29 is 4.79 Å². The Morgan fingerprint density at radius 1 is 1.47 bits per heavy atom. The van der Waals surface area contributed by atoms with E-state index in [0.29, 0.717) is 22.8 Å². The molecule has 2 rings (SSSR count). The van der Waals surface area contributed by atoms with Crippen molar-refractivity contribution in [2.24, 2.45) is 0 Å². The highest BCUT2D eigenvalue weighted by Gasteiger charge is 2.14. The van der Waals surface area contributed by atoms with Gasteiger partial charge in [-0.25, -0.2) is 4.98 Å². The third-order valence-electron chi connectivity index (χ3n) is 2.73. The average Bonchev–Trinajstić information content (AvgIpc) is 2.92. The minimum absolute atomic E-state index is 0.118. The van der Waals surface area contributed by atoms with Crippen LogP contribution in [0, 0.1) is 0 Å². The molecule has 1 heterocycles. The highest BCUT2D eigenvalue weighted by Crippen LogP contribution is 2.23. The van der Waals surface area contributed by atoms with Crippen molar-refractivity contribution in [1.82, 2.24) is 20.5 Å². The number of rotatable bonds is 4. The Kier molecular flexibility index (Phi) is 3.65. The van der Waals surface area contributed by atoms with Crippen LogP contribution in [0.3, 0.4) is 0 Å². The van der Waals surface area contributed by atoms with Crippen LogP contribution in [-0.2, 0) is 0 Å². The van der Waals surface area contributed by atoms with Crippen molar-refractivity contribution in [2.45, 2.75) is 13.0 Å². The quantitative estimate of drug-likeness (QED) is 0.611. The summed E-state index contributed by atoms with van der Waals surface area (Å²) in [6.45, 7) is 1.91. The van der Waals surface area contributed by atoms with Crippen molar-refractivity contribution in [3.63, 3.8) is 0 Å². The molecule has 0 spiro atoms. The van der Waals surface area contributed by atoms with E-state index in [0.717, 1.165) is 0 Å². The van der Waals surface area contributed by atoms with Crippen LogP contribution in [0.5, 0.6) is 0 Å². The first kappa shape index (κ1) is 12.9. The van der Waals surface area contributed by atoms with Gasteiger partial charge in [0.15, 0.2) is 0 Å². The maximum absolute atomic E-state index is 11.8. The number of hydrogen-bond donors (Lipinski definition) is 4. The first-order valence-corrected chi connectivity index (χ1v) is 5.85. The molecule has 1 atom stereocenters. The fourth-order valence-corrected chi connectivity index (χ4v) is 1.74. The number of hydrogen-bond acceptors (Lipinski definition) is 5. The summed E-state index contributed by atoms with van der Waals surface area (Å²) in [4.78, 5) is 15.9. The third kappa shape index (κ3) is 2.82. The predicted octanol–water partition coefficient (Wildman–Crippen LogP) is 0.920. The van der Waals surface area contributed by atoms with Crippen LogP contribution in [0.2, 0.25) is 0 Å². The number of aromatic amines is 1. The molecule has 7 heteroatoms. The molecule has 0 saturated carbocycles. The highest BCUT2D eigenvalue weighted by molar-refractivity contribution is 6.00.